The number of piperazine rings is 1. The fraction of sp³-hybridized carbons (Fsp3) is 0.318. The molecule has 10 heteroatoms. The Kier molecular flexibility index (Phi) is 5.85. The Labute approximate surface area is 187 Å². The molecule has 0 aliphatic carbocycles. The highest BCUT2D eigenvalue weighted by Crippen LogP contribution is 2.29. The number of halogens is 4. The van der Waals surface area contributed by atoms with E-state index in [0.29, 0.717) is 25.0 Å². The molecule has 1 fully saturated rings. The van der Waals surface area contributed by atoms with Gasteiger partial charge in [-0.25, -0.2) is 4.98 Å². The summed E-state index contributed by atoms with van der Waals surface area (Å²) < 4.78 is 39.1. The highest BCUT2D eigenvalue weighted by atomic mass is 35.5. The summed E-state index contributed by atoms with van der Waals surface area (Å²) in [5.74, 6) is -0.0313. The molecule has 0 radical (unpaired) electrons. The molecular weight excluding hydrogens is 443 g/mol. The maximum Gasteiger partial charge on any atom is 0.417 e. The predicted molar refractivity (Wildman–Crippen MR) is 118 cm³/mol. The second-order valence-electron chi connectivity index (χ2n) is 7.66. The van der Waals surface area contributed by atoms with Crippen molar-refractivity contribution in [2.24, 2.45) is 0 Å². The number of alkyl halides is 3. The number of hydrogen-bond acceptors (Lipinski definition) is 5. The van der Waals surface area contributed by atoms with Gasteiger partial charge in [-0.05, 0) is 43.2 Å². The van der Waals surface area contributed by atoms with Gasteiger partial charge in [0.1, 0.15) is 5.02 Å². The summed E-state index contributed by atoms with van der Waals surface area (Å²) in [7, 11) is 0. The lowest BCUT2D eigenvalue weighted by Gasteiger charge is -2.38. The first-order valence-corrected chi connectivity index (χ1v) is 10.4. The van der Waals surface area contributed by atoms with Crippen LogP contribution < -0.4 is 15.4 Å². The number of pyridine rings is 1. The number of hydrogen-bond donors (Lipinski definition) is 0. The summed E-state index contributed by atoms with van der Waals surface area (Å²) in [4.78, 5) is 20.8. The number of benzene rings is 1. The van der Waals surface area contributed by atoms with Gasteiger partial charge < -0.3 is 9.80 Å². The van der Waals surface area contributed by atoms with Gasteiger partial charge in [0.15, 0.2) is 5.82 Å². The first kappa shape index (κ1) is 22.1. The summed E-state index contributed by atoms with van der Waals surface area (Å²) >= 11 is 6.35. The minimum Gasteiger partial charge on any atom is -0.368 e. The molecule has 0 N–H and O–H groups in total. The number of aryl methyl sites for hydroxylation is 1. The Morgan fingerprint density at radius 2 is 1.59 bits per heavy atom. The summed E-state index contributed by atoms with van der Waals surface area (Å²) in [6.07, 6.45) is -2.39. The lowest BCUT2D eigenvalue weighted by Crippen LogP contribution is -2.47. The number of aromatic nitrogens is 3. The third-order valence-electron chi connectivity index (χ3n) is 5.73. The molecule has 6 nitrogen and oxygen atoms in total. The molecule has 0 atom stereocenters. The van der Waals surface area contributed by atoms with E-state index in [1.165, 1.54) is 23.0 Å². The largest absolute Gasteiger partial charge is 0.417 e. The Bertz CT molecular complexity index is 1190. The standard InChI is InChI=1S/C22H21ClF3N5O/c1-14-4-3-5-17(15(14)2)29-8-10-30(11-9-29)18-13-28-31(21(32)20(18)23)19-7-6-16(12-27-19)22(24,25)26/h3-7,12-13H,8-11H2,1-2H3. The zero-order valence-electron chi connectivity index (χ0n) is 17.5. The van der Waals surface area contributed by atoms with Crippen molar-refractivity contribution in [3.05, 3.63) is 74.8 Å². The molecule has 168 valence electrons. The molecule has 0 spiro atoms. The zero-order valence-corrected chi connectivity index (χ0v) is 18.3. The lowest BCUT2D eigenvalue weighted by molar-refractivity contribution is -0.137. The van der Waals surface area contributed by atoms with Gasteiger partial charge in [0.2, 0.25) is 0 Å². The van der Waals surface area contributed by atoms with Gasteiger partial charge in [0, 0.05) is 38.1 Å². The van der Waals surface area contributed by atoms with Crippen molar-refractivity contribution in [2.75, 3.05) is 36.0 Å². The van der Waals surface area contributed by atoms with Crippen LogP contribution in [0.4, 0.5) is 24.5 Å². The quantitative estimate of drug-likeness (QED) is 0.581. The topological polar surface area (TPSA) is 54.3 Å². The molecule has 4 rings (SSSR count). The molecular formula is C22H21ClF3N5O. The summed E-state index contributed by atoms with van der Waals surface area (Å²) in [6, 6.07) is 8.17. The van der Waals surface area contributed by atoms with Crippen molar-refractivity contribution in [2.45, 2.75) is 20.0 Å². The molecule has 0 amide bonds. The number of nitrogens with zero attached hydrogens (tertiary/aromatic N) is 5. The molecule has 1 saturated heterocycles. The van der Waals surface area contributed by atoms with Crippen LogP contribution in [0.3, 0.4) is 0 Å². The van der Waals surface area contributed by atoms with Crippen molar-refractivity contribution in [1.29, 1.82) is 0 Å². The third-order valence-corrected chi connectivity index (χ3v) is 6.09. The van der Waals surface area contributed by atoms with Crippen molar-refractivity contribution in [3.8, 4) is 5.82 Å². The van der Waals surface area contributed by atoms with Gasteiger partial charge in [-0.1, -0.05) is 23.7 Å². The van der Waals surface area contributed by atoms with Gasteiger partial charge in [-0.3, -0.25) is 4.79 Å². The molecule has 2 aromatic heterocycles. The fourth-order valence-corrected chi connectivity index (χ4v) is 4.00. The Morgan fingerprint density at radius 3 is 2.19 bits per heavy atom. The molecule has 1 aliphatic rings. The highest BCUT2D eigenvalue weighted by molar-refractivity contribution is 6.33. The molecule has 1 aliphatic heterocycles. The van der Waals surface area contributed by atoms with Crippen molar-refractivity contribution in [1.82, 2.24) is 14.8 Å². The lowest BCUT2D eigenvalue weighted by atomic mass is 10.1. The van der Waals surface area contributed by atoms with Crippen molar-refractivity contribution >= 4 is 23.0 Å². The normalized spacial score (nSPS) is 14.7. The number of anilines is 2. The molecule has 32 heavy (non-hydrogen) atoms. The third kappa shape index (κ3) is 4.17. The fourth-order valence-electron chi connectivity index (χ4n) is 3.75. The van der Waals surface area contributed by atoms with E-state index in [9.17, 15) is 18.0 Å². The van der Waals surface area contributed by atoms with Crippen LogP contribution in [-0.4, -0.2) is 40.9 Å². The van der Waals surface area contributed by atoms with E-state index in [1.807, 2.05) is 11.0 Å². The smallest absolute Gasteiger partial charge is 0.368 e. The molecule has 0 unspecified atom stereocenters. The van der Waals surface area contributed by atoms with Crippen LogP contribution in [-0.2, 0) is 6.18 Å². The summed E-state index contributed by atoms with van der Waals surface area (Å²) in [5, 5.41) is 4.06. The van der Waals surface area contributed by atoms with E-state index in [0.717, 1.165) is 29.9 Å². The van der Waals surface area contributed by atoms with Crippen molar-refractivity contribution < 1.29 is 13.2 Å². The molecule has 1 aromatic carbocycles. The Morgan fingerprint density at radius 1 is 0.938 bits per heavy atom. The van der Waals surface area contributed by atoms with Crippen LogP contribution in [0.25, 0.3) is 5.82 Å². The van der Waals surface area contributed by atoms with Gasteiger partial charge in [0.05, 0.1) is 17.4 Å². The molecule has 3 aromatic rings. The summed E-state index contributed by atoms with van der Waals surface area (Å²) in [6.45, 7) is 7.00. The van der Waals surface area contributed by atoms with E-state index >= 15 is 0 Å². The second kappa shape index (κ2) is 8.46. The first-order chi connectivity index (χ1) is 15.2. The average Bonchev–Trinajstić information content (AvgIpc) is 2.77. The maximum atomic E-state index is 12.8. The molecule has 0 saturated carbocycles. The van der Waals surface area contributed by atoms with E-state index < -0.39 is 17.3 Å². The van der Waals surface area contributed by atoms with E-state index in [-0.39, 0.29) is 10.8 Å². The Hall–Kier alpha value is -3.07. The van der Waals surface area contributed by atoms with Crippen LogP contribution in [0.5, 0.6) is 0 Å². The van der Waals surface area contributed by atoms with Gasteiger partial charge in [0.25, 0.3) is 5.56 Å². The Balaban J connectivity index is 1.53. The number of rotatable bonds is 3. The van der Waals surface area contributed by atoms with E-state index in [4.69, 9.17) is 11.6 Å². The second-order valence-corrected chi connectivity index (χ2v) is 8.03. The molecule has 0 bridgehead atoms. The van der Waals surface area contributed by atoms with Crippen LogP contribution in [0.2, 0.25) is 5.02 Å². The van der Waals surface area contributed by atoms with Crippen molar-refractivity contribution in [3.63, 3.8) is 0 Å². The SMILES string of the molecule is Cc1cccc(N2CCN(c3cnn(-c4ccc(C(F)(F)F)cn4)c(=O)c3Cl)CC2)c1C. The minimum atomic E-state index is -4.51. The summed E-state index contributed by atoms with van der Waals surface area (Å²) in [5.41, 5.74) is 2.63. The van der Waals surface area contributed by atoms with Crippen LogP contribution >= 0.6 is 11.6 Å². The van der Waals surface area contributed by atoms with Gasteiger partial charge >= 0.3 is 6.18 Å². The van der Waals surface area contributed by atoms with Gasteiger partial charge in [-0.2, -0.15) is 23.0 Å². The van der Waals surface area contributed by atoms with Crippen LogP contribution in [0.1, 0.15) is 16.7 Å². The predicted octanol–water partition coefficient (Wildman–Crippen LogP) is 4.24. The van der Waals surface area contributed by atoms with Gasteiger partial charge in [-0.15, -0.1) is 0 Å². The van der Waals surface area contributed by atoms with Crippen LogP contribution in [0.15, 0.2) is 47.5 Å². The van der Waals surface area contributed by atoms with Crippen LogP contribution in [0, 0.1) is 13.8 Å². The first-order valence-electron chi connectivity index (χ1n) is 10.0. The van der Waals surface area contributed by atoms with E-state index in [1.54, 1.807) is 0 Å². The molecule has 3 heterocycles. The zero-order chi connectivity index (χ0) is 23.0. The minimum absolute atomic E-state index is 0.0313. The maximum absolute atomic E-state index is 12.8. The average molecular weight is 464 g/mol. The van der Waals surface area contributed by atoms with E-state index in [2.05, 4.69) is 41.0 Å². The monoisotopic (exact) mass is 463 g/mol. The highest BCUT2D eigenvalue weighted by Gasteiger charge is 2.31.